The maximum atomic E-state index is 11.9. The van der Waals surface area contributed by atoms with Crippen LogP contribution >= 0.6 is 11.3 Å². The van der Waals surface area contributed by atoms with E-state index in [0.717, 1.165) is 35.4 Å². The summed E-state index contributed by atoms with van der Waals surface area (Å²) in [4.78, 5) is 17.8. The summed E-state index contributed by atoms with van der Waals surface area (Å²) in [6, 6.07) is 14.5. The number of nitrogens with two attached hydrogens (primary N) is 1. The van der Waals surface area contributed by atoms with Gasteiger partial charge in [-0.15, -0.1) is 11.3 Å². The fourth-order valence-electron chi connectivity index (χ4n) is 3.32. The molecule has 4 heteroatoms. The van der Waals surface area contributed by atoms with Crippen LogP contribution in [0.5, 0.6) is 0 Å². The van der Waals surface area contributed by atoms with Crippen molar-refractivity contribution in [3.8, 4) is 0 Å². The minimum atomic E-state index is -0.361. The van der Waals surface area contributed by atoms with E-state index in [1.165, 1.54) is 22.1 Å². The standard InChI is InChI=1S/C20H18N2OS/c21-19(23)18-16-7-3-4-8-17(16)24-20(18)22-12-13-9-10-14-5-1-2-6-15(14)11-13/h1-2,5-6,9-12H,3-4,7-8H2,(H2,21,23)/b22-12+. The summed E-state index contributed by atoms with van der Waals surface area (Å²) in [5, 5.41) is 3.14. The highest BCUT2D eigenvalue weighted by molar-refractivity contribution is 7.16. The van der Waals surface area contributed by atoms with Crippen molar-refractivity contribution in [2.75, 3.05) is 0 Å². The molecule has 1 aliphatic rings. The lowest BCUT2D eigenvalue weighted by Gasteiger charge is -2.10. The number of thiophene rings is 1. The zero-order valence-electron chi connectivity index (χ0n) is 13.3. The molecule has 1 aromatic heterocycles. The fourth-order valence-corrected chi connectivity index (χ4v) is 4.56. The number of primary amides is 1. The molecule has 2 N–H and O–H groups in total. The van der Waals surface area contributed by atoms with Gasteiger partial charge in [-0.3, -0.25) is 4.79 Å². The van der Waals surface area contributed by atoms with E-state index in [-0.39, 0.29) is 5.91 Å². The van der Waals surface area contributed by atoms with Crippen LogP contribution in [0.25, 0.3) is 10.8 Å². The number of carbonyl (C=O) groups is 1. The number of rotatable bonds is 3. The van der Waals surface area contributed by atoms with E-state index < -0.39 is 0 Å². The second kappa shape index (κ2) is 6.21. The van der Waals surface area contributed by atoms with E-state index in [0.29, 0.717) is 5.56 Å². The van der Waals surface area contributed by atoms with Gasteiger partial charge in [-0.25, -0.2) is 4.99 Å². The molecule has 0 atom stereocenters. The van der Waals surface area contributed by atoms with Gasteiger partial charge in [0.25, 0.3) is 5.91 Å². The molecular weight excluding hydrogens is 316 g/mol. The second-order valence-electron chi connectivity index (χ2n) is 6.12. The predicted molar refractivity (Wildman–Crippen MR) is 101 cm³/mol. The van der Waals surface area contributed by atoms with Crippen molar-refractivity contribution in [3.63, 3.8) is 0 Å². The summed E-state index contributed by atoms with van der Waals surface area (Å²) in [7, 11) is 0. The Morgan fingerprint density at radius 3 is 2.71 bits per heavy atom. The van der Waals surface area contributed by atoms with E-state index in [4.69, 9.17) is 5.73 Å². The SMILES string of the molecule is NC(=O)c1c(/N=C/c2ccc3ccccc3c2)sc2c1CCCC2. The number of benzene rings is 2. The maximum absolute atomic E-state index is 11.9. The van der Waals surface area contributed by atoms with E-state index in [1.54, 1.807) is 11.3 Å². The van der Waals surface area contributed by atoms with Gasteiger partial charge in [0.1, 0.15) is 5.00 Å². The molecule has 0 saturated carbocycles. The number of amides is 1. The van der Waals surface area contributed by atoms with E-state index in [9.17, 15) is 4.79 Å². The second-order valence-corrected chi connectivity index (χ2v) is 7.20. The Labute approximate surface area is 144 Å². The zero-order valence-corrected chi connectivity index (χ0v) is 14.1. The molecule has 4 rings (SSSR count). The van der Waals surface area contributed by atoms with Crippen LogP contribution in [0.4, 0.5) is 5.00 Å². The molecular formula is C20H18N2OS. The molecule has 0 fully saturated rings. The Bertz CT molecular complexity index is 955. The molecule has 3 nitrogen and oxygen atoms in total. The average molecular weight is 334 g/mol. The molecule has 0 unspecified atom stereocenters. The third-order valence-electron chi connectivity index (χ3n) is 4.50. The van der Waals surface area contributed by atoms with Gasteiger partial charge in [0.15, 0.2) is 0 Å². The maximum Gasteiger partial charge on any atom is 0.252 e. The minimum absolute atomic E-state index is 0.361. The lowest BCUT2D eigenvalue weighted by Crippen LogP contribution is -2.14. The van der Waals surface area contributed by atoms with Crippen LogP contribution in [0.2, 0.25) is 0 Å². The first kappa shape index (κ1) is 15.1. The van der Waals surface area contributed by atoms with Crippen molar-refractivity contribution >= 4 is 39.2 Å². The van der Waals surface area contributed by atoms with Crippen molar-refractivity contribution in [2.24, 2.45) is 10.7 Å². The number of aryl methyl sites for hydroxylation is 1. The van der Waals surface area contributed by atoms with Crippen LogP contribution in [0.1, 0.15) is 39.2 Å². The molecule has 0 spiro atoms. The molecule has 0 saturated heterocycles. The van der Waals surface area contributed by atoms with Gasteiger partial charge in [-0.2, -0.15) is 0 Å². The van der Waals surface area contributed by atoms with Crippen molar-refractivity contribution in [2.45, 2.75) is 25.7 Å². The van der Waals surface area contributed by atoms with Crippen molar-refractivity contribution in [3.05, 3.63) is 64.0 Å². The molecule has 1 heterocycles. The number of carbonyl (C=O) groups excluding carboxylic acids is 1. The van der Waals surface area contributed by atoms with Crippen LogP contribution in [0, 0.1) is 0 Å². The van der Waals surface area contributed by atoms with Gasteiger partial charge in [-0.1, -0.05) is 36.4 Å². The van der Waals surface area contributed by atoms with Crippen LogP contribution in [-0.2, 0) is 12.8 Å². The molecule has 3 aromatic rings. The molecule has 120 valence electrons. The lowest BCUT2D eigenvalue weighted by molar-refractivity contribution is 0.100. The van der Waals surface area contributed by atoms with Crippen molar-refractivity contribution in [1.82, 2.24) is 0 Å². The van der Waals surface area contributed by atoms with E-state index in [2.05, 4.69) is 29.3 Å². The Morgan fingerprint density at radius 2 is 1.88 bits per heavy atom. The number of aliphatic imine (C=N–C) groups is 1. The molecule has 1 amide bonds. The topological polar surface area (TPSA) is 55.5 Å². The number of nitrogens with zero attached hydrogens (tertiary/aromatic N) is 1. The molecule has 1 aliphatic carbocycles. The van der Waals surface area contributed by atoms with E-state index in [1.807, 2.05) is 24.4 Å². The Balaban J connectivity index is 1.72. The third kappa shape index (κ3) is 2.74. The van der Waals surface area contributed by atoms with Gasteiger partial charge in [-0.05, 0) is 53.6 Å². The van der Waals surface area contributed by atoms with Gasteiger partial charge in [0.2, 0.25) is 0 Å². The van der Waals surface area contributed by atoms with Gasteiger partial charge >= 0.3 is 0 Å². The summed E-state index contributed by atoms with van der Waals surface area (Å²) in [5.74, 6) is -0.361. The highest BCUT2D eigenvalue weighted by Crippen LogP contribution is 2.39. The summed E-state index contributed by atoms with van der Waals surface area (Å²) in [5.41, 5.74) is 8.40. The van der Waals surface area contributed by atoms with Crippen LogP contribution in [0.15, 0.2) is 47.5 Å². The largest absolute Gasteiger partial charge is 0.365 e. The Kier molecular flexibility index (Phi) is 3.90. The monoisotopic (exact) mass is 334 g/mol. The van der Waals surface area contributed by atoms with E-state index >= 15 is 0 Å². The highest BCUT2D eigenvalue weighted by Gasteiger charge is 2.23. The third-order valence-corrected chi connectivity index (χ3v) is 5.70. The molecule has 2 aromatic carbocycles. The Morgan fingerprint density at radius 1 is 1.08 bits per heavy atom. The molecule has 0 radical (unpaired) electrons. The van der Waals surface area contributed by atoms with Crippen molar-refractivity contribution < 1.29 is 4.79 Å². The van der Waals surface area contributed by atoms with Crippen LogP contribution < -0.4 is 5.73 Å². The Hall–Kier alpha value is -2.46. The molecule has 24 heavy (non-hydrogen) atoms. The minimum Gasteiger partial charge on any atom is -0.365 e. The molecule has 0 aliphatic heterocycles. The summed E-state index contributed by atoms with van der Waals surface area (Å²) < 4.78 is 0. The first-order chi connectivity index (χ1) is 11.7. The first-order valence-electron chi connectivity index (χ1n) is 8.19. The van der Waals surface area contributed by atoms with Gasteiger partial charge in [0.05, 0.1) is 5.56 Å². The summed E-state index contributed by atoms with van der Waals surface area (Å²) >= 11 is 1.61. The fraction of sp³-hybridized carbons (Fsp3) is 0.200. The average Bonchev–Trinajstić information content (AvgIpc) is 2.98. The smallest absolute Gasteiger partial charge is 0.252 e. The molecule has 0 bridgehead atoms. The number of hydrogen-bond donors (Lipinski definition) is 1. The van der Waals surface area contributed by atoms with Gasteiger partial charge in [0, 0.05) is 11.1 Å². The predicted octanol–water partition coefficient (Wildman–Crippen LogP) is 4.63. The highest BCUT2D eigenvalue weighted by atomic mass is 32.1. The summed E-state index contributed by atoms with van der Waals surface area (Å²) in [6.45, 7) is 0. The number of fused-ring (bicyclic) bond motifs is 2. The zero-order chi connectivity index (χ0) is 16.5. The lowest BCUT2D eigenvalue weighted by atomic mass is 9.95. The van der Waals surface area contributed by atoms with Crippen LogP contribution in [0.3, 0.4) is 0 Å². The van der Waals surface area contributed by atoms with Crippen LogP contribution in [-0.4, -0.2) is 12.1 Å². The quantitative estimate of drug-likeness (QED) is 0.698. The number of hydrogen-bond acceptors (Lipinski definition) is 3. The normalized spacial score (nSPS) is 14.2. The van der Waals surface area contributed by atoms with Crippen molar-refractivity contribution in [1.29, 1.82) is 0 Å². The van der Waals surface area contributed by atoms with Gasteiger partial charge < -0.3 is 5.73 Å². The summed E-state index contributed by atoms with van der Waals surface area (Å²) in [6.07, 6.45) is 6.11. The first-order valence-corrected chi connectivity index (χ1v) is 9.01.